The first kappa shape index (κ1) is 32.4. The Morgan fingerprint density at radius 3 is 1.22 bits per heavy atom. The summed E-state index contributed by atoms with van der Waals surface area (Å²) < 4.78 is 4.17. The summed E-state index contributed by atoms with van der Waals surface area (Å²) in [6.45, 7) is 12.7. The maximum atomic E-state index is 15.0. The van der Waals surface area contributed by atoms with Gasteiger partial charge < -0.3 is 0 Å². The zero-order chi connectivity index (χ0) is 32.6. The number of hydrogen-bond acceptors (Lipinski definition) is 1. The number of carbonyl (C=O) groups excluding carboxylic acids is 1. The quantitative estimate of drug-likeness (QED) is 0.130. The van der Waals surface area contributed by atoms with Gasteiger partial charge in [0.05, 0.1) is 0 Å². The summed E-state index contributed by atoms with van der Waals surface area (Å²) in [6.07, 6.45) is 12.3. The SMILES string of the molecule is Cc1ccc(/C=C\C=[N+](\C(C)C)N2C(=O)N(/[N+](=C\C=C\c3ccc(C)cc3)C(C)C)[C@H](c3ccccc3)[C@H]2c2ccccc2)cc1. The lowest BCUT2D eigenvalue weighted by molar-refractivity contribution is -0.707. The van der Waals surface area contributed by atoms with Gasteiger partial charge in [0, 0.05) is 12.2 Å². The van der Waals surface area contributed by atoms with Crippen LogP contribution < -0.4 is 0 Å². The molecule has 1 fully saturated rings. The second-order valence-electron chi connectivity index (χ2n) is 12.5. The summed E-state index contributed by atoms with van der Waals surface area (Å²) in [4.78, 5) is 15.0. The summed E-state index contributed by atoms with van der Waals surface area (Å²) in [5, 5.41) is 3.90. The van der Waals surface area contributed by atoms with Crippen LogP contribution in [0.2, 0.25) is 0 Å². The van der Waals surface area contributed by atoms with Crippen LogP contribution in [-0.4, -0.2) is 49.9 Å². The average Bonchev–Trinajstić information content (AvgIpc) is 3.35. The molecule has 4 aromatic carbocycles. The lowest BCUT2D eigenvalue weighted by atomic mass is 9.94. The highest BCUT2D eigenvalue weighted by atomic mass is 16.2. The Hall–Kier alpha value is -5.03. The minimum atomic E-state index is -0.279. The van der Waals surface area contributed by atoms with Crippen LogP contribution >= 0.6 is 0 Å². The van der Waals surface area contributed by atoms with Crippen molar-refractivity contribution in [3.05, 3.63) is 155 Å². The Morgan fingerprint density at radius 2 is 0.891 bits per heavy atom. The maximum absolute atomic E-state index is 15.0. The van der Waals surface area contributed by atoms with Gasteiger partial charge in [-0.25, -0.2) is 4.79 Å². The van der Waals surface area contributed by atoms with E-state index in [0.717, 1.165) is 22.3 Å². The molecule has 4 aromatic rings. The van der Waals surface area contributed by atoms with Crippen LogP contribution in [0.25, 0.3) is 12.2 Å². The van der Waals surface area contributed by atoms with Crippen LogP contribution in [0.3, 0.4) is 0 Å². The van der Waals surface area contributed by atoms with Gasteiger partial charge in [-0.1, -0.05) is 130 Å². The Balaban J connectivity index is 1.66. The Kier molecular flexibility index (Phi) is 10.4. The summed E-state index contributed by atoms with van der Waals surface area (Å²) in [5.74, 6) is 0. The molecule has 1 aliphatic rings. The highest BCUT2D eigenvalue weighted by Crippen LogP contribution is 2.45. The van der Waals surface area contributed by atoms with Crippen LogP contribution in [0.1, 0.15) is 73.2 Å². The van der Waals surface area contributed by atoms with Crippen LogP contribution in [0, 0.1) is 13.8 Å². The molecular formula is C41H46N4O+2. The number of amides is 2. The van der Waals surface area contributed by atoms with E-state index >= 15 is 0 Å². The minimum absolute atomic E-state index is 0.0205. The van der Waals surface area contributed by atoms with E-state index in [4.69, 9.17) is 0 Å². The van der Waals surface area contributed by atoms with E-state index in [0.29, 0.717) is 0 Å². The molecule has 5 heteroatoms. The number of hydrogen-bond donors (Lipinski definition) is 0. The Labute approximate surface area is 274 Å². The van der Waals surface area contributed by atoms with Crippen LogP contribution in [-0.2, 0) is 0 Å². The first-order valence-corrected chi connectivity index (χ1v) is 16.2. The standard InChI is InChI=1S/C41H46N4O/c1-31(2)42(29-13-15-35-25-21-33(5)22-26-35)44-39(37-17-9-7-10-18-37)40(38-19-11-8-12-20-38)45(41(44)46)43(32(3)4)30-14-16-36-27-23-34(6)24-28-36/h7-32,39-40H,1-6H3/q+2/b15-13-,16-14+,42-29-,43-30-/t39-,40-/m1/s1. The number of carbonyl (C=O) groups is 1. The molecule has 5 nitrogen and oxygen atoms in total. The third kappa shape index (κ3) is 7.43. The number of aryl methyl sites for hydroxylation is 2. The van der Waals surface area contributed by atoms with Crippen molar-refractivity contribution in [2.75, 3.05) is 0 Å². The fraction of sp³-hybridized carbons (Fsp3) is 0.244. The van der Waals surface area contributed by atoms with Crippen molar-refractivity contribution in [2.24, 2.45) is 0 Å². The van der Waals surface area contributed by atoms with Crippen molar-refractivity contribution >= 4 is 30.6 Å². The normalized spacial score (nSPS) is 17.8. The molecule has 46 heavy (non-hydrogen) atoms. The van der Waals surface area contributed by atoms with Gasteiger partial charge in [-0.05, 0) is 75.9 Å². The number of hydrazone groups is 2. The first-order valence-electron chi connectivity index (χ1n) is 16.2. The molecule has 2 amide bonds. The van der Waals surface area contributed by atoms with E-state index in [9.17, 15) is 4.79 Å². The zero-order valence-corrected chi connectivity index (χ0v) is 27.9. The van der Waals surface area contributed by atoms with Crippen molar-refractivity contribution in [3.8, 4) is 0 Å². The summed E-state index contributed by atoms with van der Waals surface area (Å²) >= 11 is 0. The molecule has 0 N–H and O–H groups in total. The molecule has 0 spiro atoms. The molecule has 0 saturated carbocycles. The molecule has 0 aliphatic carbocycles. The summed E-state index contributed by atoms with van der Waals surface area (Å²) in [6, 6.07) is 37.1. The number of urea groups is 1. The molecule has 0 bridgehead atoms. The molecule has 2 atom stereocenters. The van der Waals surface area contributed by atoms with Gasteiger partial charge in [-0.15, -0.1) is 9.37 Å². The predicted octanol–water partition coefficient (Wildman–Crippen LogP) is 9.06. The van der Waals surface area contributed by atoms with Crippen LogP contribution in [0.4, 0.5) is 4.79 Å². The van der Waals surface area contributed by atoms with E-state index in [1.807, 2.05) is 46.7 Å². The third-order valence-electron chi connectivity index (χ3n) is 8.27. The summed E-state index contributed by atoms with van der Waals surface area (Å²) in [5.41, 5.74) is 6.83. The molecule has 234 valence electrons. The lowest BCUT2D eigenvalue weighted by Gasteiger charge is -2.25. The van der Waals surface area contributed by atoms with Gasteiger partial charge in [0.2, 0.25) is 0 Å². The van der Waals surface area contributed by atoms with Crippen molar-refractivity contribution in [3.63, 3.8) is 0 Å². The highest BCUT2D eigenvalue weighted by molar-refractivity contribution is 5.80. The number of hydrazine groups is 2. The van der Waals surface area contributed by atoms with E-state index in [2.05, 4.69) is 160 Å². The van der Waals surface area contributed by atoms with E-state index in [1.165, 1.54) is 11.1 Å². The van der Waals surface area contributed by atoms with Crippen LogP contribution in [0.5, 0.6) is 0 Å². The smallest absolute Gasteiger partial charge is 0.237 e. The van der Waals surface area contributed by atoms with Gasteiger partial charge in [-0.3, -0.25) is 0 Å². The number of benzene rings is 4. The highest BCUT2D eigenvalue weighted by Gasteiger charge is 2.58. The zero-order valence-electron chi connectivity index (χ0n) is 27.9. The van der Waals surface area contributed by atoms with Gasteiger partial charge in [0.25, 0.3) is 0 Å². The number of nitrogens with zero attached hydrogens (tertiary/aromatic N) is 4. The molecule has 1 aliphatic heterocycles. The topological polar surface area (TPSA) is 29.6 Å². The Bertz CT molecular complexity index is 1590. The van der Waals surface area contributed by atoms with Gasteiger partial charge in [-0.2, -0.15) is 0 Å². The predicted molar refractivity (Wildman–Crippen MR) is 191 cm³/mol. The van der Waals surface area contributed by atoms with Gasteiger partial charge in [0.15, 0.2) is 36.6 Å². The molecule has 5 rings (SSSR count). The molecule has 1 saturated heterocycles. The largest absolute Gasteiger partial charge is 0.427 e. The lowest BCUT2D eigenvalue weighted by Crippen LogP contribution is -2.47. The fourth-order valence-corrected chi connectivity index (χ4v) is 5.87. The fourth-order valence-electron chi connectivity index (χ4n) is 5.87. The molecule has 1 heterocycles. The molecule has 0 aromatic heterocycles. The van der Waals surface area contributed by atoms with Crippen molar-refractivity contribution in [2.45, 2.75) is 65.7 Å². The third-order valence-corrected chi connectivity index (χ3v) is 8.27. The van der Waals surface area contributed by atoms with Crippen molar-refractivity contribution < 1.29 is 14.2 Å². The second kappa shape index (κ2) is 14.8. The monoisotopic (exact) mass is 610 g/mol. The Morgan fingerprint density at radius 1 is 0.543 bits per heavy atom. The summed E-state index contributed by atoms with van der Waals surface area (Å²) in [7, 11) is 0. The first-order chi connectivity index (χ1) is 22.2. The number of rotatable bonds is 10. The van der Waals surface area contributed by atoms with E-state index in [-0.39, 0.29) is 30.2 Å². The van der Waals surface area contributed by atoms with Gasteiger partial charge in [0.1, 0.15) is 0 Å². The number of allylic oxidation sites excluding steroid dienone is 2. The van der Waals surface area contributed by atoms with E-state index < -0.39 is 0 Å². The van der Waals surface area contributed by atoms with Gasteiger partial charge >= 0.3 is 6.03 Å². The van der Waals surface area contributed by atoms with Crippen LogP contribution in [0.15, 0.2) is 121 Å². The molecule has 0 unspecified atom stereocenters. The maximum Gasteiger partial charge on any atom is 0.427 e. The van der Waals surface area contributed by atoms with Crippen molar-refractivity contribution in [1.82, 2.24) is 10.0 Å². The average molecular weight is 611 g/mol. The van der Waals surface area contributed by atoms with E-state index in [1.54, 1.807) is 0 Å². The van der Waals surface area contributed by atoms with Crippen molar-refractivity contribution in [1.29, 1.82) is 0 Å². The molecule has 0 radical (unpaired) electrons. The minimum Gasteiger partial charge on any atom is -0.237 e. The second-order valence-corrected chi connectivity index (χ2v) is 12.5. The molecular weight excluding hydrogens is 564 g/mol.